The van der Waals surface area contributed by atoms with Crippen molar-refractivity contribution in [1.29, 1.82) is 0 Å². The monoisotopic (exact) mass is 374 g/mol. The zero-order valence-corrected chi connectivity index (χ0v) is 15.8. The van der Waals surface area contributed by atoms with Crippen LogP contribution in [0.15, 0.2) is 42.5 Å². The molecule has 0 unspecified atom stereocenters. The molecule has 1 amide bonds. The second-order valence-corrected chi connectivity index (χ2v) is 8.39. The van der Waals surface area contributed by atoms with E-state index in [2.05, 4.69) is 5.32 Å². The molecule has 0 aliphatic carbocycles. The molecular formula is C19H22N2O4S. The van der Waals surface area contributed by atoms with Crippen molar-refractivity contribution in [3.63, 3.8) is 0 Å². The molecule has 1 heterocycles. The second kappa shape index (κ2) is 6.99. The van der Waals surface area contributed by atoms with E-state index >= 15 is 0 Å². The molecule has 0 radical (unpaired) electrons. The molecular weight excluding hydrogens is 352 g/mol. The lowest BCUT2D eigenvalue weighted by Crippen LogP contribution is -2.36. The minimum atomic E-state index is -3.46. The summed E-state index contributed by atoms with van der Waals surface area (Å²) in [4.78, 5) is 12.7. The van der Waals surface area contributed by atoms with Gasteiger partial charge >= 0.3 is 0 Å². The summed E-state index contributed by atoms with van der Waals surface area (Å²) in [6.07, 6.45) is 0.641. The van der Waals surface area contributed by atoms with Crippen molar-refractivity contribution in [1.82, 2.24) is 0 Å². The quantitative estimate of drug-likeness (QED) is 0.896. The lowest BCUT2D eigenvalue weighted by Gasteiger charge is -2.20. The van der Waals surface area contributed by atoms with Gasteiger partial charge in [-0.15, -0.1) is 0 Å². The third kappa shape index (κ3) is 3.83. The number of hydrogen-bond donors (Lipinski definition) is 1. The van der Waals surface area contributed by atoms with Gasteiger partial charge in [0.15, 0.2) is 6.10 Å². The van der Waals surface area contributed by atoms with Gasteiger partial charge in [0.05, 0.1) is 11.9 Å². The Hall–Kier alpha value is -2.54. The molecule has 0 spiro atoms. The molecule has 138 valence electrons. The van der Waals surface area contributed by atoms with E-state index < -0.39 is 16.1 Å². The van der Waals surface area contributed by atoms with Gasteiger partial charge < -0.3 is 10.1 Å². The molecule has 1 aliphatic heterocycles. The average Bonchev–Trinajstić information content (AvgIpc) is 2.77. The van der Waals surface area contributed by atoms with Crippen molar-refractivity contribution in [2.24, 2.45) is 0 Å². The Morgan fingerprint density at radius 1 is 1.15 bits per heavy atom. The number of benzene rings is 2. The summed E-state index contributed by atoms with van der Waals surface area (Å²) in [5, 5.41) is 2.86. The molecule has 1 aliphatic rings. The van der Waals surface area contributed by atoms with Gasteiger partial charge in [-0.3, -0.25) is 9.10 Å². The van der Waals surface area contributed by atoms with Crippen LogP contribution in [0.3, 0.4) is 0 Å². The lowest BCUT2D eigenvalue weighted by atomic mass is 10.1. The second-order valence-electron chi connectivity index (χ2n) is 6.49. The normalized spacial score (nSPS) is 17.0. The molecule has 0 aromatic heterocycles. The summed E-state index contributed by atoms with van der Waals surface area (Å²) >= 11 is 0. The minimum Gasteiger partial charge on any atom is -0.478 e. The zero-order valence-electron chi connectivity index (χ0n) is 15.0. The van der Waals surface area contributed by atoms with Gasteiger partial charge in [-0.05, 0) is 49.2 Å². The fraction of sp³-hybridized carbons (Fsp3) is 0.316. The van der Waals surface area contributed by atoms with Crippen LogP contribution >= 0.6 is 0 Å². The van der Waals surface area contributed by atoms with Crippen LogP contribution in [0.5, 0.6) is 5.75 Å². The SMILES string of the molecule is Cc1ccc(NC(=O)[C@H]2CCN(S(C)(=O)=O)c3ccccc3O2)cc1C. The van der Waals surface area contributed by atoms with Crippen molar-refractivity contribution in [2.75, 3.05) is 22.4 Å². The first-order valence-corrected chi connectivity index (χ1v) is 10.2. The molecule has 1 atom stereocenters. The van der Waals surface area contributed by atoms with Crippen LogP contribution in [0.1, 0.15) is 17.5 Å². The third-order valence-corrected chi connectivity index (χ3v) is 5.64. The maximum atomic E-state index is 12.7. The number of nitrogens with one attached hydrogen (secondary N) is 1. The van der Waals surface area contributed by atoms with Crippen molar-refractivity contribution in [3.8, 4) is 5.75 Å². The molecule has 2 aromatic rings. The highest BCUT2D eigenvalue weighted by atomic mass is 32.2. The lowest BCUT2D eigenvalue weighted by molar-refractivity contribution is -0.122. The summed E-state index contributed by atoms with van der Waals surface area (Å²) in [5.41, 5.74) is 3.38. The van der Waals surface area contributed by atoms with E-state index in [1.54, 1.807) is 24.3 Å². The molecule has 26 heavy (non-hydrogen) atoms. The Morgan fingerprint density at radius 2 is 1.88 bits per heavy atom. The van der Waals surface area contributed by atoms with E-state index in [-0.39, 0.29) is 18.9 Å². The van der Waals surface area contributed by atoms with E-state index in [4.69, 9.17) is 4.74 Å². The van der Waals surface area contributed by atoms with E-state index in [1.807, 2.05) is 32.0 Å². The highest BCUT2D eigenvalue weighted by Gasteiger charge is 2.31. The number of nitrogens with zero attached hydrogens (tertiary/aromatic N) is 1. The summed E-state index contributed by atoms with van der Waals surface area (Å²) in [6, 6.07) is 12.5. The van der Waals surface area contributed by atoms with Crippen molar-refractivity contribution in [3.05, 3.63) is 53.6 Å². The van der Waals surface area contributed by atoms with Gasteiger partial charge in [0, 0.05) is 18.7 Å². The predicted octanol–water partition coefficient (Wildman–Crippen LogP) is 2.86. The number of anilines is 2. The molecule has 6 nitrogen and oxygen atoms in total. The number of rotatable bonds is 3. The van der Waals surface area contributed by atoms with Crippen LogP contribution in [0.2, 0.25) is 0 Å². The Labute approximate surface area is 153 Å². The molecule has 7 heteroatoms. The zero-order chi connectivity index (χ0) is 18.9. The molecule has 2 aromatic carbocycles. The smallest absolute Gasteiger partial charge is 0.265 e. The highest BCUT2D eigenvalue weighted by Crippen LogP contribution is 2.34. The van der Waals surface area contributed by atoms with E-state index in [0.29, 0.717) is 17.1 Å². The van der Waals surface area contributed by atoms with Gasteiger partial charge in [0.1, 0.15) is 5.75 Å². The van der Waals surface area contributed by atoms with E-state index in [0.717, 1.165) is 17.4 Å². The maximum Gasteiger partial charge on any atom is 0.265 e. The first-order valence-electron chi connectivity index (χ1n) is 8.37. The Balaban J connectivity index is 1.84. The van der Waals surface area contributed by atoms with E-state index in [1.165, 1.54) is 4.31 Å². The summed E-state index contributed by atoms with van der Waals surface area (Å²) in [7, 11) is -3.46. The summed E-state index contributed by atoms with van der Waals surface area (Å²) in [6.45, 7) is 4.17. The summed E-state index contributed by atoms with van der Waals surface area (Å²) < 4.78 is 31.4. The fourth-order valence-corrected chi connectivity index (χ4v) is 3.85. The number of fused-ring (bicyclic) bond motifs is 1. The molecule has 3 rings (SSSR count). The van der Waals surface area contributed by atoms with E-state index in [9.17, 15) is 13.2 Å². The highest BCUT2D eigenvalue weighted by molar-refractivity contribution is 7.92. The number of sulfonamides is 1. The van der Waals surface area contributed by atoms with Crippen LogP contribution in [0.25, 0.3) is 0 Å². The number of amides is 1. The van der Waals surface area contributed by atoms with Crippen LogP contribution in [-0.2, 0) is 14.8 Å². The fourth-order valence-electron chi connectivity index (χ4n) is 2.90. The number of para-hydroxylation sites is 2. The topological polar surface area (TPSA) is 75.7 Å². The summed E-state index contributed by atoms with van der Waals surface area (Å²) in [5.74, 6) is 0.0917. The molecule has 0 fully saturated rings. The predicted molar refractivity (Wildman–Crippen MR) is 102 cm³/mol. The molecule has 0 saturated heterocycles. The molecule has 0 bridgehead atoms. The number of ether oxygens (including phenoxy) is 1. The average molecular weight is 374 g/mol. The van der Waals surface area contributed by atoms with Crippen LogP contribution in [0.4, 0.5) is 11.4 Å². The number of carbonyl (C=O) groups excluding carboxylic acids is 1. The van der Waals surface area contributed by atoms with Gasteiger partial charge in [-0.2, -0.15) is 0 Å². The van der Waals surface area contributed by atoms with Crippen LogP contribution < -0.4 is 14.4 Å². The van der Waals surface area contributed by atoms with Crippen molar-refractivity contribution in [2.45, 2.75) is 26.4 Å². The Morgan fingerprint density at radius 3 is 2.58 bits per heavy atom. The minimum absolute atomic E-state index is 0.181. The largest absolute Gasteiger partial charge is 0.478 e. The van der Waals surface area contributed by atoms with Gasteiger partial charge in [-0.1, -0.05) is 18.2 Å². The first-order chi connectivity index (χ1) is 12.3. The van der Waals surface area contributed by atoms with Gasteiger partial charge in [0.2, 0.25) is 10.0 Å². The molecule has 0 saturated carbocycles. The standard InChI is InChI=1S/C19H22N2O4S/c1-13-8-9-15(12-14(13)2)20-19(22)18-10-11-21(26(3,23)24)16-6-4-5-7-17(16)25-18/h4-9,12,18H,10-11H2,1-3H3,(H,20,22)/t18-/m1/s1. The number of carbonyl (C=O) groups is 1. The Bertz CT molecular complexity index is 940. The molecule has 1 N–H and O–H groups in total. The van der Waals surface area contributed by atoms with Gasteiger partial charge in [-0.25, -0.2) is 8.42 Å². The maximum absolute atomic E-state index is 12.7. The van der Waals surface area contributed by atoms with Crippen LogP contribution in [-0.4, -0.2) is 33.2 Å². The number of aryl methyl sites for hydroxylation is 2. The third-order valence-electron chi connectivity index (χ3n) is 4.46. The number of hydrogen-bond acceptors (Lipinski definition) is 4. The Kier molecular flexibility index (Phi) is 4.91. The van der Waals surface area contributed by atoms with Crippen molar-refractivity contribution < 1.29 is 17.9 Å². The van der Waals surface area contributed by atoms with Crippen molar-refractivity contribution >= 4 is 27.3 Å². The first kappa shape index (κ1) is 18.3. The van der Waals surface area contributed by atoms with Gasteiger partial charge in [0.25, 0.3) is 5.91 Å². The van der Waals surface area contributed by atoms with Crippen LogP contribution in [0, 0.1) is 13.8 Å².